The summed E-state index contributed by atoms with van der Waals surface area (Å²) < 4.78 is 0. The summed E-state index contributed by atoms with van der Waals surface area (Å²) in [7, 11) is 0. The van der Waals surface area contributed by atoms with Gasteiger partial charge < -0.3 is 10.0 Å². The molecule has 0 aliphatic rings. The van der Waals surface area contributed by atoms with Gasteiger partial charge in [0.2, 0.25) is 0 Å². The lowest BCUT2D eigenvalue weighted by Gasteiger charge is -2.21. The van der Waals surface area contributed by atoms with Gasteiger partial charge in [-0.25, -0.2) is 0 Å². The first-order valence-electron chi connectivity index (χ1n) is 5.21. The summed E-state index contributed by atoms with van der Waals surface area (Å²) in [4.78, 5) is 12.3. The standard InChI is InChI=1S/C11H16N2O3/c1-3-12(6-7-14)10-5-4-9(2)11(8-10)13(15)16/h4-5,8,14H,3,6-7H2,1-2H3. The lowest BCUT2D eigenvalue weighted by Crippen LogP contribution is -2.26. The van der Waals surface area contributed by atoms with E-state index in [0.717, 1.165) is 5.69 Å². The molecule has 1 aromatic carbocycles. The van der Waals surface area contributed by atoms with Crippen LogP contribution in [-0.2, 0) is 0 Å². The van der Waals surface area contributed by atoms with Crippen LogP contribution in [0.3, 0.4) is 0 Å². The van der Waals surface area contributed by atoms with Crippen LogP contribution in [0, 0.1) is 17.0 Å². The minimum Gasteiger partial charge on any atom is -0.395 e. The van der Waals surface area contributed by atoms with Gasteiger partial charge in [0.1, 0.15) is 0 Å². The van der Waals surface area contributed by atoms with E-state index < -0.39 is 0 Å². The molecule has 16 heavy (non-hydrogen) atoms. The number of rotatable bonds is 5. The van der Waals surface area contributed by atoms with Gasteiger partial charge in [0.25, 0.3) is 5.69 Å². The van der Waals surface area contributed by atoms with Crippen molar-refractivity contribution < 1.29 is 10.0 Å². The lowest BCUT2D eigenvalue weighted by molar-refractivity contribution is -0.385. The molecule has 0 aromatic heterocycles. The number of hydrogen-bond acceptors (Lipinski definition) is 4. The number of nitro benzene ring substituents is 1. The van der Waals surface area contributed by atoms with Crippen molar-refractivity contribution in [1.29, 1.82) is 0 Å². The number of benzene rings is 1. The van der Waals surface area contributed by atoms with E-state index in [9.17, 15) is 10.1 Å². The van der Waals surface area contributed by atoms with Crippen LogP contribution in [0.1, 0.15) is 12.5 Å². The van der Waals surface area contributed by atoms with Crippen LogP contribution in [-0.4, -0.2) is 29.7 Å². The Hall–Kier alpha value is -1.62. The van der Waals surface area contributed by atoms with Gasteiger partial charge in [0.15, 0.2) is 0 Å². The van der Waals surface area contributed by atoms with Crippen LogP contribution in [0.2, 0.25) is 0 Å². The molecule has 0 saturated carbocycles. The summed E-state index contributed by atoms with van der Waals surface area (Å²) in [5, 5.41) is 19.7. The molecule has 0 aliphatic heterocycles. The van der Waals surface area contributed by atoms with Gasteiger partial charge in [-0.2, -0.15) is 0 Å². The van der Waals surface area contributed by atoms with Crippen LogP contribution >= 0.6 is 0 Å². The molecule has 0 aliphatic carbocycles. The maximum absolute atomic E-state index is 10.8. The van der Waals surface area contributed by atoms with Crippen LogP contribution in [0.4, 0.5) is 11.4 Å². The Balaban J connectivity index is 3.05. The maximum Gasteiger partial charge on any atom is 0.274 e. The van der Waals surface area contributed by atoms with Crippen molar-refractivity contribution in [3.63, 3.8) is 0 Å². The largest absolute Gasteiger partial charge is 0.395 e. The first kappa shape index (κ1) is 12.4. The summed E-state index contributed by atoms with van der Waals surface area (Å²) in [5.74, 6) is 0. The quantitative estimate of drug-likeness (QED) is 0.611. The Kier molecular flexibility index (Phi) is 4.25. The van der Waals surface area contributed by atoms with Crippen molar-refractivity contribution >= 4 is 11.4 Å². The average Bonchev–Trinajstić information content (AvgIpc) is 2.26. The van der Waals surface area contributed by atoms with E-state index >= 15 is 0 Å². The Morgan fingerprint density at radius 3 is 2.69 bits per heavy atom. The maximum atomic E-state index is 10.8. The van der Waals surface area contributed by atoms with E-state index in [0.29, 0.717) is 18.7 Å². The summed E-state index contributed by atoms with van der Waals surface area (Å²) in [6, 6.07) is 5.11. The summed E-state index contributed by atoms with van der Waals surface area (Å²) >= 11 is 0. The van der Waals surface area contributed by atoms with Crippen molar-refractivity contribution in [1.82, 2.24) is 0 Å². The third-order valence-corrected chi connectivity index (χ3v) is 2.51. The molecule has 0 fully saturated rings. The molecule has 0 radical (unpaired) electrons. The zero-order chi connectivity index (χ0) is 12.1. The second kappa shape index (κ2) is 5.46. The molecule has 0 atom stereocenters. The van der Waals surface area contributed by atoms with Crippen LogP contribution in [0.15, 0.2) is 18.2 Å². The van der Waals surface area contributed by atoms with Gasteiger partial charge in [-0.1, -0.05) is 6.07 Å². The van der Waals surface area contributed by atoms with Gasteiger partial charge in [0.05, 0.1) is 11.5 Å². The number of aryl methyl sites for hydroxylation is 1. The fraction of sp³-hybridized carbons (Fsp3) is 0.455. The van der Waals surface area contributed by atoms with E-state index in [1.54, 1.807) is 19.1 Å². The van der Waals surface area contributed by atoms with Crippen molar-refractivity contribution in [2.24, 2.45) is 0 Å². The molecule has 1 rings (SSSR count). The van der Waals surface area contributed by atoms with Crippen molar-refractivity contribution in [3.8, 4) is 0 Å². The predicted octanol–water partition coefficient (Wildman–Crippen LogP) is 1.72. The van der Waals surface area contributed by atoms with Gasteiger partial charge >= 0.3 is 0 Å². The van der Waals surface area contributed by atoms with Crippen molar-refractivity contribution in [2.75, 3.05) is 24.6 Å². The molecule has 0 bridgehead atoms. The molecule has 5 nitrogen and oxygen atoms in total. The third kappa shape index (κ3) is 2.70. The topological polar surface area (TPSA) is 66.6 Å². The molecular formula is C11H16N2O3. The van der Waals surface area contributed by atoms with Gasteiger partial charge in [-0.05, 0) is 19.9 Å². The molecule has 88 valence electrons. The number of nitrogens with zero attached hydrogens (tertiary/aromatic N) is 2. The highest BCUT2D eigenvalue weighted by molar-refractivity contribution is 5.56. The van der Waals surface area contributed by atoms with E-state index in [4.69, 9.17) is 5.11 Å². The number of nitro groups is 1. The second-order valence-electron chi connectivity index (χ2n) is 3.53. The Morgan fingerprint density at radius 1 is 1.50 bits per heavy atom. The second-order valence-corrected chi connectivity index (χ2v) is 3.53. The Bertz CT molecular complexity index is 379. The van der Waals surface area contributed by atoms with E-state index in [2.05, 4.69) is 0 Å². The lowest BCUT2D eigenvalue weighted by atomic mass is 10.1. The number of likely N-dealkylation sites (N-methyl/N-ethyl adjacent to an activating group) is 1. The summed E-state index contributed by atoms with van der Waals surface area (Å²) in [6.45, 7) is 4.89. The van der Waals surface area contributed by atoms with Crippen LogP contribution in [0.5, 0.6) is 0 Å². The van der Waals surface area contributed by atoms with Gasteiger partial charge in [-0.3, -0.25) is 10.1 Å². The molecule has 0 spiro atoms. The highest BCUT2D eigenvalue weighted by Gasteiger charge is 2.13. The highest BCUT2D eigenvalue weighted by Crippen LogP contribution is 2.24. The van der Waals surface area contributed by atoms with Gasteiger partial charge in [0, 0.05) is 30.4 Å². The monoisotopic (exact) mass is 224 g/mol. The normalized spacial score (nSPS) is 10.2. The predicted molar refractivity (Wildman–Crippen MR) is 62.8 cm³/mol. The Labute approximate surface area is 94.5 Å². The van der Waals surface area contributed by atoms with Crippen molar-refractivity contribution in [2.45, 2.75) is 13.8 Å². The molecule has 5 heteroatoms. The fourth-order valence-corrected chi connectivity index (χ4v) is 1.58. The van der Waals surface area contributed by atoms with E-state index in [1.807, 2.05) is 17.9 Å². The van der Waals surface area contributed by atoms with Gasteiger partial charge in [-0.15, -0.1) is 0 Å². The first-order chi connectivity index (χ1) is 7.60. The smallest absolute Gasteiger partial charge is 0.274 e. The third-order valence-electron chi connectivity index (χ3n) is 2.51. The van der Waals surface area contributed by atoms with Crippen LogP contribution < -0.4 is 4.90 Å². The average molecular weight is 224 g/mol. The first-order valence-corrected chi connectivity index (χ1v) is 5.21. The van der Waals surface area contributed by atoms with Crippen LogP contribution in [0.25, 0.3) is 0 Å². The number of hydrogen-bond donors (Lipinski definition) is 1. The summed E-state index contributed by atoms with van der Waals surface area (Å²) in [6.07, 6.45) is 0. The molecular weight excluding hydrogens is 208 g/mol. The minimum atomic E-state index is -0.383. The van der Waals surface area contributed by atoms with Crippen molar-refractivity contribution in [3.05, 3.63) is 33.9 Å². The molecule has 0 heterocycles. The number of anilines is 1. The molecule has 0 saturated heterocycles. The zero-order valence-electron chi connectivity index (χ0n) is 9.51. The molecule has 1 N–H and O–H groups in total. The SMILES string of the molecule is CCN(CCO)c1ccc(C)c([N+](=O)[O-])c1. The number of aliphatic hydroxyl groups excluding tert-OH is 1. The fourth-order valence-electron chi connectivity index (χ4n) is 1.58. The zero-order valence-corrected chi connectivity index (χ0v) is 9.51. The minimum absolute atomic E-state index is 0.0372. The number of aliphatic hydroxyl groups is 1. The van der Waals surface area contributed by atoms with E-state index in [1.165, 1.54) is 0 Å². The molecule has 0 unspecified atom stereocenters. The van der Waals surface area contributed by atoms with E-state index in [-0.39, 0.29) is 17.2 Å². The Morgan fingerprint density at radius 2 is 2.19 bits per heavy atom. The summed E-state index contributed by atoms with van der Waals surface area (Å²) in [5.41, 5.74) is 1.54. The molecule has 1 aromatic rings. The highest BCUT2D eigenvalue weighted by atomic mass is 16.6. The molecule has 0 amide bonds.